The first-order chi connectivity index (χ1) is 8.33. The van der Waals surface area contributed by atoms with Crippen LogP contribution in [-0.2, 0) is 6.54 Å². The Morgan fingerprint density at radius 3 is 3.00 bits per heavy atom. The first-order valence-corrected chi connectivity index (χ1v) is 6.39. The molecule has 3 rings (SSSR count). The summed E-state index contributed by atoms with van der Waals surface area (Å²) >= 11 is 0. The number of hydrogen-bond donors (Lipinski definition) is 1. The van der Waals surface area contributed by atoms with Gasteiger partial charge in [0.05, 0.1) is 0 Å². The molecule has 0 spiro atoms. The van der Waals surface area contributed by atoms with E-state index in [0.717, 1.165) is 12.5 Å². The maximum atomic E-state index is 4.13. The van der Waals surface area contributed by atoms with Gasteiger partial charge in [0, 0.05) is 30.4 Å². The van der Waals surface area contributed by atoms with E-state index in [4.69, 9.17) is 0 Å². The molecule has 1 aliphatic rings. The maximum absolute atomic E-state index is 4.13. The largest absolute Gasteiger partial charge is 0.310 e. The van der Waals surface area contributed by atoms with E-state index in [1.807, 2.05) is 12.4 Å². The van der Waals surface area contributed by atoms with Gasteiger partial charge in [0.15, 0.2) is 0 Å². The van der Waals surface area contributed by atoms with Crippen LogP contribution in [0.5, 0.6) is 0 Å². The zero-order chi connectivity index (χ0) is 11.7. The van der Waals surface area contributed by atoms with Crippen LogP contribution in [0.4, 0.5) is 0 Å². The van der Waals surface area contributed by atoms with Crippen LogP contribution in [0.25, 0.3) is 10.8 Å². The minimum absolute atomic E-state index is 0.656. The third kappa shape index (κ3) is 2.47. The predicted octanol–water partition coefficient (Wildman–Crippen LogP) is 3.12. The van der Waals surface area contributed by atoms with E-state index in [-0.39, 0.29) is 0 Å². The summed E-state index contributed by atoms with van der Waals surface area (Å²) in [4.78, 5) is 4.13. The lowest BCUT2D eigenvalue weighted by Crippen LogP contribution is -2.27. The quantitative estimate of drug-likeness (QED) is 0.866. The van der Waals surface area contributed by atoms with Crippen molar-refractivity contribution in [1.29, 1.82) is 0 Å². The number of benzene rings is 1. The number of pyridine rings is 1. The Morgan fingerprint density at radius 2 is 2.18 bits per heavy atom. The molecule has 2 aromatic rings. The molecule has 1 aromatic carbocycles. The van der Waals surface area contributed by atoms with E-state index in [0.29, 0.717) is 6.04 Å². The molecule has 1 N–H and O–H groups in total. The zero-order valence-corrected chi connectivity index (χ0v) is 10.2. The summed E-state index contributed by atoms with van der Waals surface area (Å²) in [5.74, 6) is 0.916. The van der Waals surface area contributed by atoms with Gasteiger partial charge in [-0.25, -0.2) is 0 Å². The van der Waals surface area contributed by atoms with Crippen molar-refractivity contribution in [3.8, 4) is 0 Å². The van der Waals surface area contributed by atoms with Crippen molar-refractivity contribution >= 4 is 10.8 Å². The number of fused-ring (bicyclic) bond motifs is 1. The molecule has 0 amide bonds. The van der Waals surface area contributed by atoms with Gasteiger partial charge >= 0.3 is 0 Å². The first kappa shape index (κ1) is 10.7. The SMILES string of the molecule is CC(NCc1ccc2cnccc2c1)C1CC1. The lowest BCUT2D eigenvalue weighted by atomic mass is 10.1. The van der Waals surface area contributed by atoms with Crippen molar-refractivity contribution < 1.29 is 0 Å². The minimum atomic E-state index is 0.656. The van der Waals surface area contributed by atoms with Gasteiger partial charge in [-0.2, -0.15) is 0 Å². The second kappa shape index (κ2) is 4.46. The van der Waals surface area contributed by atoms with Crippen LogP contribution < -0.4 is 5.32 Å². The molecule has 1 aromatic heterocycles. The number of nitrogens with zero attached hydrogens (tertiary/aromatic N) is 1. The Bertz CT molecular complexity index is 517. The summed E-state index contributed by atoms with van der Waals surface area (Å²) in [6.45, 7) is 3.26. The second-order valence-electron chi connectivity index (χ2n) is 5.06. The third-order valence-electron chi connectivity index (χ3n) is 3.66. The van der Waals surface area contributed by atoms with Crippen molar-refractivity contribution in [3.63, 3.8) is 0 Å². The van der Waals surface area contributed by atoms with Crippen LogP contribution in [0.15, 0.2) is 36.7 Å². The van der Waals surface area contributed by atoms with Crippen LogP contribution in [0.1, 0.15) is 25.3 Å². The number of rotatable bonds is 4. The van der Waals surface area contributed by atoms with Crippen LogP contribution in [0.3, 0.4) is 0 Å². The highest BCUT2D eigenvalue weighted by Gasteiger charge is 2.27. The molecule has 0 bridgehead atoms. The Hall–Kier alpha value is -1.41. The van der Waals surface area contributed by atoms with Crippen LogP contribution in [0.2, 0.25) is 0 Å². The molecule has 1 atom stereocenters. The molecule has 2 nitrogen and oxygen atoms in total. The predicted molar refractivity (Wildman–Crippen MR) is 70.8 cm³/mol. The van der Waals surface area contributed by atoms with E-state index in [1.165, 1.54) is 29.2 Å². The van der Waals surface area contributed by atoms with Crippen LogP contribution in [0, 0.1) is 5.92 Å². The van der Waals surface area contributed by atoms with E-state index < -0.39 is 0 Å². The summed E-state index contributed by atoms with van der Waals surface area (Å²) in [5, 5.41) is 6.10. The summed E-state index contributed by atoms with van der Waals surface area (Å²) in [7, 11) is 0. The van der Waals surface area contributed by atoms with Gasteiger partial charge < -0.3 is 5.32 Å². The monoisotopic (exact) mass is 226 g/mol. The van der Waals surface area contributed by atoms with Gasteiger partial charge in [0.2, 0.25) is 0 Å². The molecule has 88 valence electrons. The average molecular weight is 226 g/mol. The summed E-state index contributed by atoms with van der Waals surface area (Å²) < 4.78 is 0. The number of nitrogens with one attached hydrogen (secondary N) is 1. The Morgan fingerprint density at radius 1 is 1.29 bits per heavy atom. The van der Waals surface area contributed by atoms with Crippen molar-refractivity contribution in [2.75, 3.05) is 0 Å². The fourth-order valence-corrected chi connectivity index (χ4v) is 2.28. The highest BCUT2D eigenvalue weighted by atomic mass is 14.9. The Kier molecular flexibility index (Phi) is 2.81. The summed E-state index contributed by atoms with van der Waals surface area (Å²) in [5.41, 5.74) is 1.36. The van der Waals surface area contributed by atoms with Gasteiger partial charge in [0.25, 0.3) is 0 Å². The van der Waals surface area contributed by atoms with E-state index in [2.05, 4.69) is 41.5 Å². The molecular formula is C15H18N2. The minimum Gasteiger partial charge on any atom is -0.310 e. The number of aromatic nitrogens is 1. The number of hydrogen-bond acceptors (Lipinski definition) is 2. The van der Waals surface area contributed by atoms with Crippen LogP contribution >= 0.6 is 0 Å². The van der Waals surface area contributed by atoms with Crippen LogP contribution in [-0.4, -0.2) is 11.0 Å². The second-order valence-corrected chi connectivity index (χ2v) is 5.06. The summed E-state index contributed by atoms with van der Waals surface area (Å²) in [6.07, 6.45) is 6.57. The molecule has 2 heteroatoms. The van der Waals surface area contributed by atoms with E-state index in [9.17, 15) is 0 Å². The van der Waals surface area contributed by atoms with Gasteiger partial charge in [-0.05, 0) is 48.8 Å². The molecule has 1 saturated carbocycles. The van der Waals surface area contributed by atoms with E-state index in [1.54, 1.807) is 0 Å². The standard InChI is InChI=1S/C15H18N2/c1-11(13-4-5-13)17-9-12-2-3-15-10-16-7-6-14(15)8-12/h2-3,6-8,10-11,13,17H,4-5,9H2,1H3. The van der Waals surface area contributed by atoms with Gasteiger partial charge in [-0.15, -0.1) is 0 Å². The summed E-state index contributed by atoms with van der Waals surface area (Å²) in [6, 6.07) is 9.33. The maximum Gasteiger partial charge on any atom is 0.0346 e. The molecule has 0 saturated heterocycles. The molecule has 1 unspecified atom stereocenters. The van der Waals surface area contributed by atoms with Gasteiger partial charge in [0.1, 0.15) is 0 Å². The van der Waals surface area contributed by atoms with Crippen molar-refractivity contribution in [2.24, 2.45) is 5.92 Å². The highest BCUT2D eigenvalue weighted by molar-refractivity contribution is 5.81. The molecule has 0 radical (unpaired) electrons. The lowest BCUT2D eigenvalue weighted by molar-refractivity contribution is 0.496. The fraction of sp³-hybridized carbons (Fsp3) is 0.400. The van der Waals surface area contributed by atoms with Gasteiger partial charge in [-0.3, -0.25) is 4.98 Å². The first-order valence-electron chi connectivity index (χ1n) is 6.39. The molecule has 1 heterocycles. The topological polar surface area (TPSA) is 24.9 Å². The highest BCUT2D eigenvalue weighted by Crippen LogP contribution is 2.32. The third-order valence-corrected chi connectivity index (χ3v) is 3.66. The molecule has 0 aliphatic heterocycles. The Labute approximate surface area is 102 Å². The van der Waals surface area contributed by atoms with Crippen molar-refractivity contribution in [1.82, 2.24) is 10.3 Å². The normalized spacial score (nSPS) is 17.2. The molecule has 1 aliphatic carbocycles. The lowest BCUT2D eigenvalue weighted by Gasteiger charge is -2.12. The molecule has 17 heavy (non-hydrogen) atoms. The van der Waals surface area contributed by atoms with E-state index >= 15 is 0 Å². The molecular weight excluding hydrogens is 208 g/mol. The van der Waals surface area contributed by atoms with Gasteiger partial charge in [-0.1, -0.05) is 12.1 Å². The van der Waals surface area contributed by atoms with Crippen molar-refractivity contribution in [2.45, 2.75) is 32.4 Å². The zero-order valence-electron chi connectivity index (χ0n) is 10.2. The Balaban J connectivity index is 1.71. The smallest absolute Gasteiger partial charge is 0.0346 e. The average Bonchev–Trinajstić information content (AvgIpc) is 3.20. The fourth-order valence-electron chi connectivity index (χ4n) is 2.28. The van der Waals surface area contributed by atoms with Crippen molar-refractivity contribution in [3.05, 3.63) is 42.2 Å². The molecule has 1 fully saturated rings.